The van der Waals surface area contributed by atoms with Gasteiger partial charge in [0.15, 0.2) is 0 Å². The second-order valence-corrected chi connectivity index (χ2v) is 5.96. The second-order valence-electron chi connectivity index (χ2n) is 5.96. The third-order valence-corrected chi connectivity index (χ3v) is 4.11. The molecule has 6 heteroatoms. The monoisotopic (exact) mass is 362 g/mol. The SMILES string of the molecule is COc1cc([N+](=O)[O-])ccc1NC(=O)c1ccc(Cc2ccccc2)cc1. The van der Waals surface area contributed by atoms with Gasteiger partial charge >= 0.3 is 0 Å². The van der Waals surface area contributed by atoms with Crippen LogP contribution >= 0.6 is 0 Å². The van der Waals surface area contributed by atoms with Gasteiger partial charge in [-0.25, -0.2) is 0 Å². The maximum Gasteiger partial charge on any atom is 0.273 e. The lowest BCUT2D eigenvalue weighted by molar-refractivity contribution is -0.384. The molecular formula is C21H18N2O4. The molecule has 0 aliphatic heterocycles. The molecule has 0 atom stereocenters. The third kappa shape index (κ3) is 4.49. The molecule has 6 nitrogen and oxygen atoms in total. The van der Waals surface area contributed by atoms with Gasteiger partial charge in [0, 0.05) is 11.6 Å². The number of amides is 1. The summed E-state index contributed by atoms with van der Waals surface area (Å²) in [5.74, 6) is -0.0772. The van der Waals surface area contributed by atoms with E-state index in [1.54, 1.807) is 12.1 Å². The van der Waals surface area contributed by atoms with Gasteiger partial charge in [0.05, 0.1) is 23.8 Å². The first kappa shape index (κ1) is 18.1. The number of carbonyl (C=O) groups excluding carboxylic acids is 1. The summed E-state index contributed by atoms with van der Waals surface area (Å²) in [6, 6.07) is 21.5. The van der Waals surface area contributed by atoms with E-state index in [0.29, 0.717) is 11.3 Å². The fraction of sp³-hybridized carbons (Fsp3) is 0.0952. The molecule has 0 radical (unpaired) electrons. The molecule has 1 amide bonds. The van der Waals surface area contributed by atoms with Crippen molar-refractivity contribution in [1.29, 1.82) is 0 Å². The minimum Gasteiger partial charge on any atom is -0.494 e. The molecule has 3 aromatic carbocycles. The maximum absolute atomic E-state index is 12.5. The van der Waals surface area contributed by atoms with Crippen LogP contribution in [0, 0.1) is 10.1 Å². The molecule has 0 aromatic heterocycles. The van der Waals surface area contributed by atoms with Crippen LogP contribution in [0.5, 0.6) is 5.75 Å². The molecule has 0 unspecified atom stereocenters. The largest absolute Gasteiger partial charge is 0.494 e. The molecule has 3 aromatic rings. The molecule has 0 heterocycles. The Morgan fingerprint density at radius 1 is 1.00 bits per heavy atom. The van der Waals surface area contributed by atoms with Crippen molar-refractivity contribution in [1.82, 2.24) is 0 Å². The summed E-state index contributed by atoms with van der Waals surface area (Å²) in [6.07, 6.45) is 0.791. The first-order chi connectivity index (χ1) is 13.1. The van der Waals surface area contributed by atoms with Crippen LogP contribution in [0.3, 0.4) is 0 Å². The van der Waals surface area contributed by atoms with E-state index < -0.39 is 4.92 Å². The molecule has 0 aliphatic rings. The Balaban J connectivity index is 1.72. The molecule has 1 N–H and O–H groups in total. The fourth-order valence-corrected chi connectivity index (χ4v) is 2.70. The summed E-state index contributed by atoms with van der Waals surface area (Å²) in [4.78, 5) is 22.8. The summed E-state index contributed by atoms with van der Waals surface area (Å²) in [5.41, 5.74) is 3.07. The van der Waals surface area contributed by atoms with E-state index in [9.17, 15) is 14.9 Å². The van der Waals surface area contributed by atoms with Gasteiger partial charge in [-0.05, 0) is 35.7 Å². The van der Waals surface area contributed by atoms with Crippen molar-refractivity contribution >= 4 is 17.3 Å². The highest BCUT2D eigenvalue weighted by molar-refractivity contribution is 6.05. The first-order valence-electron chi connectivity index (χ1n) is 8.33. The van der Waals surface area contributed by atoms with Gasteiger partial charge in [0.25, 0.3) is 11.6 Å². The van der Waals surface area contributed by atoms with Crippen LogP contribution in [0.2, 0.25) is 0 Å². The van der Waals surface area contributed by atoms with E-state index in [-0.39, 0.29) is 17.3 Å². The molecule has 27 heavy (non-hydrogen) atoms. The number of hydrogen-bond donors (Lipinski definition) is 1. The standard InChI is InChI=1S/C21H18N2O4/c1-27-20-14-18(23(25)26)11-12-19(20)22-21(24)17-9-7-16(8-10-17)13-15-5-3-2-4-6-15/h2-12,14H,13H2,1H3,(H,22,24). The molecule has 0 saturated heterocycles. The van der Waals surface area contributed by atoms with Gasteiger partial charge in [0.1, 0.15) is 5.75 Å². The van der Waals surface area contributed by atoms with Crippen LogP contribution in [-0.2, 0) is 6.42 Å². The Bertz CT molecular complexity index is 954. The van der Waals surface area contributed by atoms with Crippen LogP contribution in [0.4, 0.5) is 11.4 Å². The predicted octanol–water partition coefficient (Wildman–Crippen LogP) is 4.45. The molecule has 0 bridgehead atoms. The van der Waals surface area contributed by atoms with Crippen LogP contribution < -0.4 is 10.1 Å². The maximum atomic E-state index is 12.5. The van der Waals surface area contributed by atoms with Crippen LogP contribution in [-0.4, -0.2) is 17.9 Å². The Labute approximate surface area is 156 Å². The number of nitro groups is 1. The molecular weight excluding hydrogens is 344 g/mol. The Morgan fingerprint density at radius 3 is 2.30 bits per heavy atom. The lowest BCUT2D eigenvalue weighted by atomic mass is 10.0. The van der Waals surface area contributed by atoms with Crippen LogP contribution in [0.1, 0.15) is 21.5 Å². The number of carbonyl (C=O) groups is 1. The van der Waals surface area contributed by atoms with Gasteiger partial charge in [0.2, 0.25) is 0 Å². The molecule has 136 valence electrons. The zero-order valence-corrected chi connectivity index (χ0v) is 14.7. The number of non-ortho nitro benzene ring substituents is 1. The summed E-state index contributed by atoms with van der Waals surface area (Å²) < 4.78 is 5.14. The second kappa shape index (κ2) is 8.14. The molecule has 0 aliphatic carbocycles. The summed E-state index contributed by atoms with van der Waals surface area (Å²) in [5, 5.41) is 13.6. The van der Waals surface area contributed by atoms with Crippen molar-refractivity contribution in [3.05, 3.63) is 99.6 Å². The van der Waals surface area contributed by atoms with Gasteiger partial charge in [-0.3, -0.25) is 14.9 Å². The highest BCUT2D eigenvalue weighted by Gasteiger charge is 2.14. The fourth-order valence-electron chi connectivity index (χ4n) is 2.70. The Hall–Kier alpha value is -3.67. The number of anilines is 1. The van der Waals surface area contributed by atoms with Gasteiger partial charge in [-0.2, -0.15) is 0 Å². The molecule has 0 spiro atoms. The number of methoxy groups -OCH3 is 1. The van der Waals surface area contributed by atoms with Crippen molar-refractivity contribution in [2.24, 2.45) is 0 Å². The third-order valence-electron chi connectivity index (χ3n) is 4.11. The van der Waals surface area contributed by atoms with Crippen LogP contribution in [0.25, 0.3) is 0 Å². The molecule has 3 rings (SSSR count). The molecule has 0 fully saturated rings. The number of ether oxygens (including phenoxy) is 1. The van der Waals surface area contributed by atoms with E-state index in [2.05, 4.69) is 17.4 Å². The topological polar surface area (TPSA) is 81.5 Å². The van der Waals surface area contributed by atoms with Crippen LogP contribution in [0.15, 0.2) is 72.8 Å². The normalized spacial score (nSPS) is 10.3. The lowest BCUT2D eigenvalue weighted by Gasteiger charge is -2.10. The van der Waals surface area contributed by atoms with E-state index >= 15 is 0 Å². The van der Waals surface area contributed by atoms with E-state index in [4.69, 9.17) is 4.74 Å². The number of rotatable bonds is 6. The van der Waals surface area contributed by atoms with Crippen molar-refractivity contribution in [3.63, 3.8) is 0 Å². The number of nitrogens with one attached hydrogen (secondary N) is 1. The van der Waals surface area contributed by atoms with E-state index in [1.807, 2.05) is 30.3 Å². The zero-order valence-electron chi connectivity index (χ0n) is 14.7. The highest BCUT2D eigenvalue weighted by Crippen LogP contribution is 2.29. The minimum atomic E-state index is -0.514. The summed E-state index contributed by atoms with van der Waals surface area (Å²) in [7, 11) is 1.40. The number of nitro benzene ring substituents is 1. The number of hydrogen-bond acceptors (Lipinski definition) is 4. The summed E-state index contributed by atoms with van der Waals surface area (Å²) in [6.45, 7) is 0. The first-order valence-corrected chi connectivity index (χ1v) is 8.33. The average Bonchev–Trinajstić information content (AvgIpc) is 2.69. The average molecular weight is 362 g/mol. The quantitative estimate of drug-likeness (QED) is 0.519. The van der Waals surface area contributed by atoms with E-state index in [0.717, 1.165) is 12.0 Å². The number of benzene rings is 3. The van der Waals surface area contributed by atoms with Crippen molar-refractivity contribution in [3.8, 4) is 5.75 Å². The van der Waals surface area contributed by atoms with Crippen molar-refractivity contribution in [2.45, 2.75) is 6.42 Å². The minimum absolute atomic E-state index is 0.102. The van der Waals surface area contributed by atoms with Gasteiger partial charge in [-0.15, -0.1) is 0 Å². The highest BCUT2D eigenvalue weighted by atomic mass is 16.6. The van der Waals surface area contributed by atoms with E-state index in [1.165, 1.54) is 30.9 Å². The van der Waals surface area contributed by atoms with Crippen molar-refractivity contribution < 1.29 is 14.5 Å². The van der Waals surface area contributed by atoms with Gasteiger partial charge < -0.3 is 10.1 Å². The number of nitrogens with zero attached hydrogens (tertiary/aromatic N) is 1. The lowest BCUT2D eigenvalue weighted by Crippen LogP contribution is -2.12. The molecule has 0 saturated carbocycles. The zero-order chi connectivity index (χ0) is 19.2. The van der Waals surface area contributed by atoms with Crippen molar-refractivity contribution in [2.75, 3.05) is 12.4 Å². The Kier molecular flexibility index (Phi) is 5.47. The summed E-state index contributed by atoms with van der Waals surface area (Å²) >= 11 is 0. The predicted molar refractivity (Wildman–Crippen MR) is 103 cm³/mol. The Morgan fingerprint density at radius 2 is 1.67 bits per heavy atom. The van der Waals surface area contributed by atoms with Gasteiger partial charge in [-0.1, -0.05) is 42.5 Å². The smallest absolute Gasteiger partial charge is 0.273 e.